The van der Waals surface area contributed by atoms with E-state index in [0.717, 1.165) is 19.4 Å². The highest BCUT2D eigenvalue weighted by molar-refractivity contribution is 5.19. The van der Waals surface area contributed by atoms with Crippen LogP contribution in [0.15, 0.2) is 6.20 Å². The molecule has 12 heavy (non-hydrogen) atoms. The number of hydrogen-bond acceptors (Lipinski definition) is 4. The fourth-order valence-corrected chi connectivity index (χ4v) is 0.901. The van der Waals surface area contributed by atoms with Crippen LogP contribution in [0, 0.1) is 11.3 Å². The van der Waals surface area contributed by atoms with Crippen LogP contribution in [0.5, 0.6) is 0 Å². The lowest BCUT2D eigenvalue weighted by Crippen LogP contribution is -1.98. The predicted octanol–water partition coefficient (Wildman–Crippen LogP) is 0.554. The van der Waals surface area contributed by atoms with Crippen molar-refractivity contribution in [1.29, 1.82) is 5.26 Å². The highest BCUT2D eigenvalue weighted by Crippen LogP contribution is 1.98. The number of hydrogen-bond donors (Lipinski definition) is 1. The number of nitrogen functional groups attached to an aromatic ring is 1. The lowest BCUT2D eigenvalue weighted by Gasteiger charge is -1.95. The molecule has 5 nitrogen and oxygen atoms in total. The van der Waals surface area contributed by atoms with Crippen molar-refractivity contribution in [2.24, 2.45) is 0 Å². The summed E-state index contributed by atoms with van der Waals surface area (Å²) in [7, 11) is 0. The van der Waals surface area contributed by atoms with E-state index in [1.807, 2.05) is 0 Å². The van der Waals surface area contributed by atoms with Crippen LogP contribution < -0.4 is 5.73 Å². The second-order valence-corrected chi connectivity index (χ2v) is 2.52. The topological polar surface area (TPSA) is 80.5 Å². The Kier molecular flexibility index (Phi) is 3.08. The van der Waals surface area contributed by atoms with Crippen LogP contribution >= 0.6 is 0 Å². The lowest BCUT2D eigenvalue weighted by molar-refractivity contribution is 0.544. The van der Waals surface area contributed by atoms with Gasteiger partial charge >= 0.3 is 0 Å². The molecule has 5 heteroatoms. The van der Waals surface area contributed by atoms with Crippen molar-refractivity contribution in [2.75, 3.05) is 5.73 Å². The molecular weight excluding hydrogens is 154 g/mol. The maximum absolute atomic E-state index is 8.26. The van der Waals surface area contributed by atoms with Crippen LogP contribution in [0.1, 0.15) is 19.3 Å². The third-order valence-electron chi connectivity index (χ3n) is 1.48. The number of aryl methyl sites for hydroxylation is 1. The molecule has 0 aliphatic heterocycles. The number of nitriles is 1. The molecule has 0 unspecified atom stereocenters. The van der Waals surface area contributed by atoms with Crippen LogP contribution in [0.3, 0.4) is 0 Å². The van der Waals surface area contributed by atoms with Gasteiger partial charge in [-0.05, 0) is 12.8 Å². The molecule has 0 atom stereocenters. The minimum atomic E-state index is 0.440. The fraction of sp³-hybridized carbons (Fsp3) is 0.571. The second-order valence-electron chi connectivity index (χ2n) is 2.52. The minimum absolute atomic E-state index is 0.440. The maximum Gasteiger partial charge on any atom is 0.165 e. The smallest absolute Gasteiger partial charge is 0.165 e. The van der Waals surface area contributed by atoms with E-state index in [-0.39, 0.29) is 0 Å². The van der Waals surface area contributed by atoms with Gasteiger partial charge in [-0.15, -0.1) is 5.10 Å². The first-order chi connectivity index (χ1) is 5.83. The molecule has 64 valence electrons. The lowest BCUT2D eigenvalue weighted by atomic mass is 10.2. The Balaban J connectivity index is 2.21. The van der Waals surface area contributed by atoms with Crippen LogP contribution in [-0.2, 0) is 6.54 Å². The molecule has 1 aromatic rings. The van der Waals surface area contributed by atoms with Crippen LogP contribution in [0.2, 0.25) is 0 Å². The third kappa shape index (κ3) is 2.58. The molecule has 0 aliphatic carbocycles. The van der Waals surface area contributed by atoms with Crippen molar-refractivity contribution in [3.8, 4) is 6.07 Å². The monoisotopic (exact) mass is 165 g/mol. The largest absolute Gasteiger partial charge is 0.381 e. The van der Waals surface area contributed by atoms with E-state index in [2.05, 4.69) is 16.4 Å². The Morgan fingerprint density at radius 3 is 3.00 bits per heavy atom. The van der Waals surface area contributed by atoms with E-state index in [1.165, 1.54) is 0 Å². The highest BCUT2D eigenvalue weighted by Gasteiger charge is 1.94. The summed E-state index contributed by atoms with van der Waals surface area (Å²) >= 11 is 0. The fourth-order valence-electron chi connectivity index (χ4n) is 0.901. The quantitative estimate of drug-likeness (QED) is 0.661. The number of nitrogens with two attached hydrogens (primary N) is 1. The molecule has 0 aromatic carbocycles. The van der Waals surface area contributed by atoms with Gasteiger partial charge in [-0.3, -0.25) is 4.68 Å². The summed E-state index contributed by atoms with van der Waals surface area (Å²) < 4.78 is 1.69. The summed E-state index contributed by atoms with van der Waals surface area (Å²) in [5, 5.41) is 15.7. The summed E-state index contributed by atoms with van der Waals surface area (Å²) in [5.74, 6) is 0.440. The van der Waals surface area contributed by atoms with Crippen LogP contribution in [0.25, 0.3) is 0 Å². The molecule has 0 fully saturated rings. The summed E-state index contributed by atoms with van der Waals surface area (Å²) in [6.07, 6.45) is 4.13. The molecule has 0 amide bonds. The summed E-state index contributed by atoms with van der Waals surface area (Å²) in [6.45, 7) is 0.784. The van der Waals surface area contributed by atoms with Crippen molar-refractivity contribution in [2.45, 2.75) is 25.8 Å². The number of unbranched alkanes of at least 4 members (excludes halogenated alkanes) is 2. The average molecular weight is 165 g/mol. The standard InChI is InChI=1S/C7H11N5/c8-4-2-1-3-5-12-6-7(9)10-11-12/h6H,1-3,5,9H2. The number of anilines is 1. The van der Waals surface area contributed by atoms with Gasteiger partial charge in [-0.25, -0.2) is 0 Å². The van der Waals surface area contributed by atoms with Gasteiger partial charge in [-0.1, -0.05) is 5.21 Å². The Hall–Kier alpha value is -1.57. The van der Waals surface area contributed by atoms with E-state index >= 15 is 0 Å². The van der Waals surface area contributed by atoms with Gasteiger partial charge in [-0.2, -0.15) is 5.26 Å². The van der Waals surface area contributed by atoms with Crippen LogP contribution in [0.4, 0.5) is 5.82 Å². The van der Waals surface area contributed by atoms with Gasteiger partial charge in [0.25, 0.3) is 0 Å². The van der Waals surface area contributed by atoms with Crippen molar-refractivity contribution in [1.82, 2.24) is 15.0 Å². The van der Waals surface area contributed by atoms with E-state index in [1.54, 1.807) is 10.9 Å². The maximum atomic E-state index is 8.26. The molecular formula is C7H11N5. The molecule has 1 rings (SSSR count). The summed E-state index contributed by atoms with van der Waals surface area (Å²) in [6, 6.07) is 2.09. The Morgan fingerprint density at radius 2 is 2.42 bits per heavy atom. The van der Waals surface area contributed by atoms with E-state index < -0.39 is 0 Å². The van der Waals surface area contributed by atoms with Crippen molar-refractivity contribution in [3.05, 3.63) is 6.20 Å². The molecule has 0 spiro atoms. The van der Waals surface area contributed by atoms with Gasteiger partial charge in [0.1, 0.15) is 0 Å². The number of aromatic nitrogens is 3. The van der Waals surface area contributed by atoms with Crippen molar-refractivity contribution < 1.29 is 0 Å². The Bertz CT molecular complexity index is 272. The Morgan fingerprint density at radius 1 is 1.58 bits per heavy atom. The molecule has 1 heterocycles. The second kappa shape index (κ2) is 4.34. The number of rotatable bonds is 4. The first-order valence-electron chi connectivity index (χ1n) is 3.85. The SMILES string of the molecule is N#CCCCCn1cc(N)nn1. The molecule has 0 saturated heterocycles. The first kappa shape index (κ1) is 8.53. The molecule has 0 bridgehead atoms. The minimum Gasteiger partial charge on any atom is -0.381 e. The van der Waals surface area contributed by atoms with Gasteiger partial charge in [0.2, 0.25) is 0 Å². The van der Waals surface area contributed by atoms with Gasteiger partial charge in [0, 0.05) is 13.0 Å². The molecule has 0 aliphatic rings. The van der Waals surface area contributed by atoms with Crippen molar-refractivity contribution >= 4 is 5.82 Å². The average Bonchev–Trinajstić information content (AvgIpc) is 2.45. The van der Waals surface area contributed by atoms with E-state index in [9.17, 15) is 0 Å². The van der Waals surface area contributed by atoms with Gasteiger partial charge in [0.05, 0.1) is 12.3 Å². The molecule has 2 N–H and O–H groups in total. The first-order valence-corrected chi connectivity index (χ1v) is 3.85. The zero-order chi connectivity index (χ0) is 8.81. The van der Waals surface area contributed by atoms with Crippen LogP contribution in [-0.4, -0.2) is 15.0 Å². The predicted molar refractivity (Wildman–Crippen MR) is 43.9 cm³/mol. The van der Waals surface area contributed by atoms with E-state index in [0.29, 0.717) is 12.2 Å². The molecule has 0 radical (unpaired) electrons. The van der Waals surface area contributed by atoms with Gasteiger partial charge < -0.3 is 5.73 Å². The van der Waals surface area contributed by atoms with E-state index in [4.69, 9.17) is 11.0 Å². The Labute approximate surface area is 70.8 Å². The number of nitrogens with zero attached hydrogens (tertiary/aromatic N) is 4. The van der Waals surface area contributed by atoms with Gasteiger partial charge in [0.15, 0.2) is 5.82 Å². The van der Waals surface area contributed by atoms with Crippen molar-refractivity contribution in [3.63, 3.8) is 0 Å². The normalized spacial score (nSPS) is 9.58. The molecule has 0 saturated carbocycles. The zero-order valence-electron chi connectivity index (χ0n) is 6.77. The zero-order valence-corrected chi connectivity index (χ0v) is 6.77. The molecule has 1 aromatic heterocycles. The highest BCUT2D eigenvalue weighted by atomic mass is 15.4. The third-order valence-corrected chi connectivity index (χ3v) is 1.48. The summed E-state index contributed by atoms with van der Waals surface area (Å²) in [5.41, 5.74) is 5.36. The summed E-state index contributed by atoms with van der Waals surface area (Å²) in [4.78, 5) is 0.